The van der Waals surface area contributed by atoms with Crippen LogP contribution in [0.1, 0.15) is 18.4 Å². The molecule has 0 atom stereocenters. The van der Waals surface area contributed by atoms with E-state index in [0.717, 1.165) is 19.1 Å². The van der Waals surface area contributed by atoms with Gasteiger partial charge in [0.05, 0.1) is 0 Å². The van der Waals surface area contributed by atoms with Crippen LogP contribution in [0.2, 0.25) is 0 Å². The second kappa shape index (κ2) is 6.71. The van der Waals surface area contributed by atoms with E-state index in [0.29, 0.717) is 0 Å². The van der Waals surface area contributed by atoms with Crippen molar-refractivity contribution >= 4 is 22.6 Å². The van der Waals surface area contributed by atoms with Gasteiger partial charge in [0.2, 0.25) is 0 Å². The Morgan fingerprint density at radius 2 is 1.88 bits per heavy atom. The molecule has 1 aromatic carbocycles. The predicted molar refractivity (Wildman–Crippen MR) is 79.0 cm³/mol. The van der Waals surface area contributed by atoms with Crippen LogP contribution in [-0.4, -0.2) is 31.7 Å². The second-order valence-corrected chi connectivity index (χ2v) is 6.05. The van der Waals surface area contributed by atoms with Crippen LogP contribution in [0.15, 0.2) is 24.3 Å². The van der Waals surface area contributed by atoms with Crippen LogP contribution in [0.25, 0.3) is 0 Å². The van der Waals surface area contributed by atoms with Gasteiger partial charge >= 0.3 is 0 Å². The van der Waals surface area contributed by atoms with Gasteiger partial charge in [0, 0.05) is 23.8 Å². The fourth-order valence-electron chi connectivity index (χ4n) is 2.39. The first-order valence-electron chi connectivity index (χ1n) is 6.23. The number of nitrogens with zero attached hydrogens (tertiary/aromatic N) is 1. The van der Waals surface area contributed by atoms with E-state index in [1.165, 1.54) is 35.1 Å². The smallest absolute Gasteiger partial charge is 0.0491 e. The molecular weight excluding hydrogens is 325 g/mol. The summed E-state index contributed by atoms with van der Waals surface area (Å²) in [5.74, 6) is 0.771. The lowest BCUT2D eigenvalue weighted by Crippen LogP contribution is -2.34. The monoisotopic (exact) mass is 345 g/mol. The molecule has 0 radical (unpaired) electrons. The van der Waals surface area contributed by atoms with Crippen LogP contribution in [0.3, 0.4) is 0 Å². The van der Waals surface area contributed by atoms with Gasteiger partial charge in [0.1, 0.15) is 0 Å². The van der Waals surface area contributed by atoms with Crippen LogP contribution >= 0.6 is 22.6 Å². The van der Waals surface area contributed by atoms with Gasteiger partial charge < -0.3 is 4.74 Å². The average Bonchev–Trinajstić information content (AvgIpc) is 2.35. The average molecular weight is 345 g/mol. The maximum absolute atomic E-state index is 5.23. The molecule has 0 bridgehead atoms. The van der Waals surface area contributed by atoms with Gasteiger partial charge in [-0.25, -0.2) is 0 Å². The van der Waals surface area contributed by atoms with Crippen molar-refractivity contribution in [2.24, 2.45) is 5.92 Å². The number of piperidine rings is 1. The van der Waals surface area contributed by atoms with Gasteiger partial charge in [-0.2, -0.15) is 0 Å². The minimum absolute atomic E-state index is 0.771. The number of halogens is 1. The summed E-state index contributed by atoms with van der Waals surface area (Å²) in [6, 6.07) is 8.85. The standard InChI is InChI=1S/C14H20INO/c1-17-11-13-6-8-16(9-7-13)10-12-2-4-14(15)5-3-12/h2-5,13H,6-11H2,1H3. The maximum atomic E-state index is 5.23. The fourth-order valence-corrected chi connectivity index (χ4v) is 2.75. The summed E-state index contributed by atoms with van der Waals surface area (Å²) in [7, 11) is 1.80. The van der Waals surface area contributed by atoms with Crippen LogP contribution < -0.4 is 0 Å². The molecule has 17 heavy (non-hydrogen) atoms. The fraction of sp³-hybridized carbons (Fsp3) is 0.571. The Morgan fingerprint density at radius 3 is 2.47 bits per heavy atom. The molecule has 0 spiro atoms. The number of benzene rings is 1. The Morgan fingerprint density at radius 1 is 1.24 bits per heavy atom. The van der Waals surface area contributed by atoms with E-state index in [1.54, 1.807) is 7.11 Å². The molecule has 1 aliphatic rings. The Labute approximate surface area is 117 Å². The van der Waals surface area contributed by atoms with E-state index >= 15 is 0 Å². The van der Waals surface area contributed by atoms with E-state index < -0.39 is 0 Å². The third-order valence-electron chi connectivity index (χ3n) is 3.43. The number of hydrogen-bond donors (Lipinski definition) is 0. The highest BCUT2D eigenvalue weighted by Crippen LogP contribution is 2.19. The zero-order valence-corrected chi connectivity index (χ0v) is 12.5. The molecule has 1 aromatic rings. The highest BCUT2D eigenvalue weighted by atomic mass is 127. The molecule has 1 saturated heterocycles. The van der Waals surface area contributed by atoms with Crippen molar-refractivity contribution in [3.05, 3.63) is 33.4 Å². The molecule has 1 heterocycles. The third kappa shape index (κ3) is 4.23. The molecule has 0 N–H and O–H groups in total. The van der Waals surface area contributed by atoms with Crippen LogP contribution in [-0.2, 0) is 11.3 Å². The van der Waals surface area contributed by atoms with Crippen LogP contribution in [0.5, 0.6) is 0 Å². The summed E-state index contributed by atoms with van der Waals surface area (Å²) >= 11 is 2.35. The van der Waals surface area contributed by atoms with Crippen molar-refractivity contribution in [2.75, 3.05) is 26.8 Å². The summed E-state index contributed by atoms with van der Waals surface area (Å²) in [6.45, 7) is 4.44. The topological polar surface area (TPSA) is 12.5 Å². The molecule has 2 nitrogen and oxygen atoms in total. The number of rotatable bonds is 4. The van der Waals surface area contributed by atoms with Gasteiger partial charge in [0.15, 0.2) is 0 Å². The maximum Gasteiger partial charge on any atom is 0.0491 e. The van der Waals surface area contributed by atoms with Gasteiger partial charge in [0.25, 0.3) is 0 Å². The van der Waals surface area contributed by atoms with Crippen molar-refractivity contribution in [3.8, 4) is 0 Å². The molecule has 0 amide bonds. The molecule has 0 aromatic heterocycles. The lowest BCUT2D eigenvalue weighted by molar-refractivity contribution is 0.0968. The summed E-state index contributed by atoms with van der Waals surface area (Å²) in [5, 5.41) is 0. The van der Waals surface area contributed by atoms with Crippen LogP contribution in [0, 0.1) is 9.49 Å². The summed E-state index contributed by atoms with van der Waals surface area (Å²) in [4.78, 5) is 2.55. The van der Waals surface area contributed by atoms with E-state index in [9.17, 15) is 0 Å². The second-order valence-electron chi connectivity index (χ2n) is 4.80. The summed E-state index contributed by atoms with van der Waals surface area (Å²) in [5.41, 5.74) is 1.43. The first kappa shape index (κ1) is 13.3. The van der Waals surface area contributed by atoms with Gasteiger partial charge in [-0.05, 0) is 72.1 Å². The first-order chi connectivity index (χ1) is 8.28. The Kier molecular flexibility index (Phi) is 5.25. The largest absolute Gasteiger partial charge is 0.384 e. The van der Waals surface area contributed by atoms with Gasteiger partial charge in [-0.1, -0.05) is 12.1 Å². The van der Waals surface area contributed by atoms with Gasteiger partial charge in [-0.15, -0.1) is 0 Å². The molecule has 2 rings (SSSR count). The van der Waals surface area contributed by atoms with Crippen molar-refractivity contribution in [3.63, 3.8) is 0 Å². The first-order valence-corrected chi connectivity index (χ1v) is 7.31. The molecule has 1 fully saturated rings. The van der Waals surface area contributed by atoms with Crippen molar-refractivity contribution in [1.82, 2.24) is 4.90 Å². The molecule has 0 aliphatic carbocycles. The minimum Gasteiger partial charge on any atom is -0.384 e. The summed E-state index contributed by atoms with van der Waals surface area (Å²) in [6.07, 6.45) is 2.55. The Bertz CT molecular complexity index is 331. The number of ether oxygens (including phenoxy) is 1. The number of likely N-dealkylation sites (tertiary alicyclic amines) is 1. The molecule has 1 aliphatic heterocycles. The minimum atomic E-state index is 0.771. The lowest BCUT2D eigenvalue weighted by Gasteiger charge is -2.31. The highest BCUT2D eigenvalue weighted by Gasteiger charge is 2.18. The highest BCUT2D eigenvalue weighted by molar-refractivity contribution is 14.1. The zero-order valence-electron chi connectivity index (χ0n) is 10.4. The van der Waals surface area contributed by atoms with E-state index in [1.807, 2.05) is 0 Å². The Balaban J connectivity index is 1.79. The third-order valence-corrected chi connectivity index (χ3v) is 4.15. The van der Waals surface area contributed by atoms with E-state index in [2.05, 4.69) is 51.8 Å². The van der Waals surface area contributed by atoms with Crippen LogP contribution in [0.4, 0.5) is 0 Å². The number of hydrogen-bond acceptors (Lipinski definition) is 2. The lowest BCUT2D eigenvalue weighted by atomic mass is 9.97. The predicted octanol–water partition coefficient (Wildman–Crippen LogP) is 3.15. The zero-order chi connectivity index (χ0) is 12.1. The SMILES string of the molecule is COCC1CCN(Cc2ccc(I)cc2)CC1. The van der Waals surface area contributed by atoms with Crippen molar-refractivity contribution < 1.29 is 4.74 Å². The molecule has 0 unspecified atom stereocenters. The normalized spacial score (nSPS) is 18.5. The van der Waals surface area contributed by atoms with Crippen molar-refractivity contribution in [2.45, 2.75) is 19.4 Å². The molecule has 0 saturated carbocycles. The molecule has 94 valence electrons. The van der Waals surface area contributed by atoms with Gasteiger partial charge in [-0.3, -0.25) is 4.90 Å². The molecular formula is C14H20INO. The summed E-state index contributed by atoms with van der Waals surface area (Å²) < 4.78 is 6.54. The Hall–Kier alpha value is -0.130. The van der Waals surface area contributed by atoms with E-state index in [-0.39, 0.29) is 0 Å². The quantitative estimate of drug-likeness (QED) is 0.778. The van der Waals surface area contributed by atoms with E-state index in [4.69, 9.17) is 4.74 Å². The number of methoxy groups -OCH3 is 1. The molecule has 3 heteroatoms. The van der Waals surface area contributed by atoms with Crippen molar-refractivity contribution in [1.29, 1.82) is 0 Å².